The Morgan fingerprint density at radius 2 is 1.74 bits per heavy atom. The molecule has 2 N–H and O–H groups in total. The molecule has 27 heavy (non-hydrogen) atoms. The summed E-state index contributed by atoms with van der Waals surface area (Å²) in [5.41, 5.74) is 5.63. The normalized spacial score (nSPS) is 14.1. The van der Waals surface area contributed by atoms with Gasteiger partial charge in [-0.05, 0) is 35.9 Å². The Labute approximate surface area is 158 Å². The number of allylic oxidation sites excluding steroid dienone is 1. The van der Waals surface area contributed by atoms with Gasteiger partial charge in [0.1, 0.15) is 41.3 Å². The summed E-state index contributed by atoms with van der Waals surface area (Å²) in [5, 5.41) is 0.0884. The maximum Gasteiger partial charge on any atom is 0.150 e. The number of rotatable bonds is 5. The fourth-order valence-corrected chi connectivity index (χ4v) is 2.87. The Hall–Kier alpha value is -2.51. The highest BCUT2D eigenvalue weighted by Crippen LogP contribution is 2.31. The van der Waals surface area contributed by atoms with Crippen molar-refractivity contribution in [3.05, 3.63) is 87.8 Å². The summed E-state index contributed by atoms with van der Waals surface area (Å²) in [6.45, 7) is -0.0637. The molecule has 0 spiro atoms. The van der Waals surface area contributed by atoms with Crippen molar-refractivity contribution in [1.29, 1.82) is 0 Å². The fraction of sp³-hybridized carbons (Fsp3) is 0.158. The van der Waals surface area contributed by atoms with Crippen LogP contribution in [-0.4, -0.2) is 6.54 Å². The molecular formula is C19H15ClF4N2O. The first-order chi connectivity index (χ1) is 12.9. The lowest BCUT2D eigenvalue weighted by molar-refractivity contribution is 0.204. The van der Waals surface area contributed by atoms with Crippen molar-refractivity contribution in [2.75, 3.05) is 11.4 Å². The maximum absolute atomic E-state index is 14.2. The highest BCUT2D eigenvalue weighted by atomic mass is 35.5. The Morgan fingerprint density at radius 1 is 1.04 bits per heavy atom. The van der Waals surface area contributed by atoms with Crippen LogP contribution in [0.15, 0.2) is 53.4 Å². The molecule has 2 aromatic rings. The quantitative estimate of drug-likeness (QED) is 0.742. The van der Waals surface area contributed by atoms with Crippen LogP contribution in [0.4, 0.5) is 23.2 Å². The zero-order valence-electron chi connectivity index (χ0n) is 14.0. The van der Waals surface area contributed by atoms with Crippen molar-refractivity contribution in [2.45, 2.75) is 13.2 Å². The predicted molar refractivity (Wildman–Crippen MR) is 94.8 cm³/mol. The summed E-state index contributed by atoms with van der Waals surface area (Å²) in [6.07, 6.45) is 2.83. The second-order valence-corrected chi connectivity index (χ2v) is 6.24. The molecule has 0 bridgehead atoms. The third-order valence-corrected chi connectivity index (χ3v) is 4.26. The van der Waals surface area contributed by atoms with Crippen LogP contribution in [0.2, 0.25) is 0 Å². The van der Waals surface area contributed by atoms with Crippen LogP contribution in [0.25, 0.3) is 0 Å². The zero-order chi connectivity index (χ0) is 19.6. The van der Waals surface area contributed by atoms with E-state index < -0.39 is 23.3 Å². The van der Waals surface area contributed by atoms with Gasteiger partial charge in [0.05, 0.1) is 5.03 Å². The Kier molecular flexibility index (Phi) is 5.72. The monoisotopic (exact) mass is 398 g/mol. The highest BCUT2D eigenvalue weighted by molar-refractivity contribution is 6.32. The Balaban J connectivity index is 1.73. The molecule has 3 nitrogen and oxygen atoms in total. The Bertz CT molecular complexity index is 907. The van der Waals surface area contributed by atoms with Crippen molar-refractivity contribution < 1.29 is 22.3 Å². The molecule has 0 atom stereocenters. The smallest absolute Gasteiger partial charge is 0.150 e. The molecule has 8 heteroatoms. The molecular weight excluding hydrogens is 384 g/mol. The van der Waals surface area contributed by atoms with Crippen LogP contribution in [0.3, 0.4) is 0 Å². The van der Waals surface area contributed by atoms with E-state index in [2.05, 4.69) is 0 Å². The zero-order valence-corrected chi connectivity index (χ0v) is 14.7. The van der Waals surface area contributed by atoms with E-state index in [0.29, 0.717) is 5.56 Å². The SMILES string of the molecule is NCc1cc(F)c(N2C=C(Cl)C(OCc3ccc(F)cc3F)=CC2)c(F)c1. The van der Waals surface area contributed by atoms with Crippen LogP contribution in [0, 0.1) is 23.3 Å². The molecule has 0 saturated heterocycles. The van der Waals surface area contributed by atoms with Gasteiger partial charge in [-0.15, -0.1) is 0 Å². The van der Waals surface area contributed by atoms with Crippen molar-refractivity contribution in [2.24, 2.45) is 5.73 Å². The van der Waals surface area contributed by atoms with E-state index in [-0.39, 0.29) is 41.7 Å². The van der Waals surface area contributed by atoms with E-state index in [4.69, 9.17) is 22.1 Å². The Morgan fingerprint density at radius 3 is 2.33 bits per heavy atom. The molecule has 142 valence electrons. The molecule has 2 aromatic carbocycles. The van der Waals surface area contributed by atoms with E-state index in [9.17, 15) is 17.6 Å². The van der Waals surface area contributed by atoms with E-state index in [1.54, 1.807) is 0 Å². The maximum atomic E-state index is 14.2. The lowest BCUT2D eigenvalue weighted by atomic mass is 10.1. The second kappa shape index (κ2) is 8.02. The molecule has 0 fully saturated rings. The number of halogens is 5. The van der Waals surface area contributed by atoms with E-state index in [1.165, 1.54) is 23.2 Å². The van der Waals surface area contributed by atoms with Gasteiger partial charge in [-0.2, -0.15) is 0 Å². The molecule has 0 radical (unpaired) electrons. The molecule has 0 aliphatic carbocycles. The topological polar surface area (TPSA) is 38.5 Å². The van der Waals surface area contributed by atoms with Crippen molar-refractivity contribution >= 4 is 17.3 Å². The number of nitrogens with zero attached hydrogens (tertiary/aromatic N) is 1. The number of hydrogen-bond acceptors (Lipinski definition) is 3. The van der Waals surface area contributed by atoms with Crippen LogP contribution in [0.1, 0.15) is 11.1 Å². The van der Waals surface area contributed by atoms with Gasteiger partial charge in [0.2, 0.25) is 0 Å². The minimum Gasteiger partial charge on any atom is -0.487 e. The number of benzene rings is 2. The number of ether oxygens (including phenoxy) is 1. The molecule has 3 rings (SSSR count). The molecule has 1 aliphatic rings. The third-order valence-electron chi connectivity index (χ3n) is 3.98. The van der Waals surface area contributed by atoms with Crippen LogP contribution in [-0.2, 0) is 17.9 Å². The van der Waals surface area contributed by atoms with Gasteiger partial charge in [-0.1, -0.05) is 11.6 Å². The molecule has 1 heterocycles. The minimum atomic E-state index is -0.762. The minimum absolute atomic E-state index is 0.0164. The third kappa shape index (κ3) is 4.26. The van der Waals surface area contributed by atoms with Crippen LogP contribution in [0.5, 0.6) is 0 Å². The molecule has 1 aliphatic heterocycles. The second-order valence-electron chi connectivity index (χ2n) is 5.83. The van der Waals surface area contributed by atoms with Gasteiger partial charge < -0.3 is 15.4 Å². The standard InChI is InChI=1S/C19H15ClF4N2O/c20-14-9-26(19-16(23)5-11(8-25)6-17(19)24)4-3-18(14)27-10-12-1-2-13(21)7-15(12)22/h1-3,5-7,9H,4,8,10,25H2. The first-order valence-electron chi connectivity index (χ1n) is 7.98. The lowest BCUT2D eigenvalue weighted by Crippen LogP contribution is -2.23. The average Bonchev–Trinajstić information content (AvgIpc) is 2.61. The number of nitrogens with two attached hydrogens (primary N) is 1. The highest BCUT2D eigenvalue weighted by Gasteiger charge is 2.21. The van der Waals surface area contributed by atoms with Crippen molar-refractivity contribution in [1.82, 2.24) is 0 Å². The number of anilines is 1. The van der Waals surface area contributed by atoms with Gasteiger partial charge in [0.25, 0.3) is 0 Å². The van der Waals surface area contributed by atoms with E-state index >= 15 is 0 Å². The fourth-order valence-electron chi connectivity index (χ4n) is 2.62. The summed E-state index contributed by atoms with van der Waals surface area (Å²) in [7, 11) is 0. The van der Waals surface area contributed by atoms with Crippen LogP contribution >= 0.6 is 11.6 Å². The predicted octanol–water partition coefficient (Wildman–Crippen LogP) is 4.70. The summed E-state index contributed by atoms with van der Waals surface area (Å²) >= 11 is 6.13. The summed E-state index contributed by atoms with van der Waals surface area (Å²) in [5.74, 6) is -2.72. The van der Waals surface area contributed by atoms with E-state index in [0.717, 1.165) is 24.3 Å². The molecule has 0 aromatic heterocycles. The van der Waals surface area contributed by atoms with Crippen molar-refractivity contribution in [3.63, 3.8) is 0 Å². The first kappa shape index (κ1) is 19.3. The van der Waals surface area contributed by atoms with Gasteiger partial charge in [0.15, 0.2) is 0 Å². The summed E-state index contributed by atoms with van der Waals surface area (Å²) < 4.78 is 60.5. The lowest BCUT2D eigenvalue weighted by Gasteiger charge is -2.25. The van der Waals surface area contributed by atoms with Gasteiger partial charge >= 0.3 is 0 Å². The van der Waals surface area contributed by atoms with Crippen LogP contribution < -0.4 is 10.6 Å². The first-order valence-corrected chi connectivity index (χ1v) is 8.36. The molecule has 0 amide bonds. The van der Waals surface area contributed by atoms with Gasteiger partial charge in [-0.25, -0.2) is 17.6 Å². The summed E-state index contributed by atoms with van der Waals surface area (Å²) in [6, 6.07) is 5.46. The van der Waals surface area contributed by atoms with Crippen molar-refractivity contribution in [3.8, 4) is 0 Å². The molecule has 0 unspecified atom stereocenters. The van der Waals surface area contributed by atoms with Gasteiger partial charge in [0, 0.05) is 30.9 Å². The summed E-state index contributed by atoms with van der Waals surface area (Å²) in [4.78, 5) is 1.29. The van der Waals surface area contributed by atoms with Gasteiger partial charge in [-0.3, -0.25) is 0 Å². The van der Waals surface area contributed by atoms with E-state index in [1.807, 2.05) is 0 Å². The largest absolute Gasteiger partial charge is 0.487 e. The average molecular weight is 399 g/mol. The molecule has 0 saturated carbocycles. The number of hydrogen-bond donors (Lipinski definition) is 1.